The number of hydrogen-bond donors (Lipinski definition) is 1. The number of aryl methyl sites for hydroxylation is 1. The first-order chi connectivity index (χ1) is 9.47. The molecule has 0 amide bonds. The fourth-order valence-electron chi connectivity index (χ4n) is 1.70. The van der Waals surface area contributed by atoms with Crippen molar-refractivity contribution in [2.45, 2.75) is 13.5 Å². The molecule has 0 radical (unpaired) electrons. The lowest BCUT2D eigenvalue weighted by Crippen LogP contribution is -2.03. The highest BCUT2D eigenvalue weighted by Crippen LogP contribution is 2.22. The Balaban J connectivity index is 2.12. The minimum absolute atomic E-state index is 0.154. The summed E-state index contributed by atoms with van der Waals surface area (Å²) in [6.07, 6.45) is 0. The number of aromatic carboxylic acids is 1. The molecule has 20 heavy (non-hydrogen) atoms. The lowest BCUT2D eigenvalue weighted by Gasteiger charge is -2.08. The molecule has 0 saturated carbocycles. The fourth-order valence-corrected chi connectivity index (χ4v) is 1.82. The van der Waals surface area contributed by atoms with Crippen LogP contribution in [0.25, 0.3) is 0 Å². The Kier molecular flexibility index (Phi) is 4.25. The highest BCUT2D eigenvalue weighted by atomic mass is 35.5. The van der Waals surface area contributed by atoms with Crippen LogP contribution in [-0.4, -0.2) is 11.1 Å². The lowest BCUT2D eigenvalue weighted by molar-refractivity contribution is 0.0691. The smallest absolute Gasteiger partial charge is 0.338 e. The summed E-state index contributed by atoms with van der Waals surface area (Å²) in [5, 5.41) is 9.49. The molecule has 0 saturated heterocycles. The third kappa shape index (κ3) is 3.27. The molecule has 3 nitrogen and oxygen atoms in total. The SMILES string of the molecule is Cc1cc(OCc2ccc(F)c(C(=O)O)c2)ccc1Cl. The summed E-state index contributed by atoms with van der Waals surface area (Å²) in [6, 6.07) is 9.10. The van der Waals surface area contributed by atoms with Gasteiger partial charge in [-0.2, -0.15) is 0 Å². The zero-order chi connectivity index (χ0) is 14.7. The topological polar surface area (TPSA) is 46.5 Å². The van der Waals surface area contributed by atoms with Crippen molar-refractivity contribution in [1.29, 1.82) is 0 Å². The van der Waals surface area contributed by atoms with Gasteiger partial charge in [-0.15, -0.1) is 0 Å². The van der Waals surface area contributed by atoms with Crippen molar-refractivity contribution in [1.82, 2.24) is 0 Å². The molecule has 0 aliphatic rings. The minimum atomic E-state index is -1.30. The van der Waals surface area contributed by atoms with Gasteiger partial charge in [-0.05, 0) is 48.4 Å². The molecule has 0 aromatic heterocycles. The second-order valence-electron chi connectivity index (χ2n) is 4.32. The van der Waals surface area contributed by atoms with Gasteiger partial charge in [0, 0.05) is 5.02 Å². The number of hydrogen-bond acceptors (Lipinski definition) is 2. The number of carbonyl (C=O) groups is 1. The first kappa shape index (κ1) is 14.3. The highest BCUT2D eigenvalue weighted by molar-refractivity contribution is 6.31. The van der Waals surface area contributed by atoms with Gasteiger partial charge in [-0.1, -0.05) is 17.7 Å². The van der Waals surface area contributed by atoms with Crippen molar-refractivity contribution in [3.8, 4) is 5.75 Å². The van der Waals surface area contributed by atoms with Gasteiger partial charge >= 0.3 is 5.97 Å². The Hall–Kier alpha value is -2.07. The molecule has 104 valence electrons. The quantitative estimate of drug-likeness (QED) is 0.925. The van der Waals surface area contributed by atoms with E-state index < -0.39 is 11.8 Å². The lowest BCUT2D eigenvalue weighted by atomic mass is 10.1. The number of carboxylic acid groups (broad SMARTS) is 1. The third-order valence-corrected chi connectivity index (χ3v) is 3.22. The van der Waals surface area contributed by atoms with Crippen LogP contribution in [0.2, 0.25) is 5.02 Å². The summed E-state index contributed by atoms with van der Waals surface area (Å²) < 4.78 is 18.8. The summed E-state index contributed by atoms with van der Waals surface area (Å²) in [7, 11) is 0. The Labute approximate surface area is 120 Å². The molecule has 0 heterocycles. The van der Waals surface area contributed by atoms with Crippen LogP contribution in [0.15, 0.2) is 36.4 Å². The van der Waals surface area contributed by atoms with E-state index in [0.29, 0.717) is 16.3 Å². The van der Waals surface area contributed by atoms with Crippen LogP contribution in [0.3, 0.4) is 0 Å². The van der Waals surface area contributed by atoms with Crippen LogP contribution in [0.5, 0.6) is 5.75 Å². The molecule has 5 heteroatoms. The number of halogens is 2. The van der Waals surface area contributed by atoms with Crippen molar-refractivity contribution in [2.24, 2.45) is 0 Å². The predicted octanol–water partition coefficient (Wildman–Crippen LogP) is 4.06. The Morgan fingerprint density at radius 1 is 1.30 bits per heavy atom. The summed E-state index contributed by atoms with van der Waals surface area (Å²) in [5.41, 5.74) is 1.10. The van der Waals surface area contributed by atoms with Crippen LogP contribution < -0.4 is 4.74 Å². The van der Waals surface area contributed by atoms with Crippen LogP contribution >= 0.6 is 11.6 Å². The van der Waals surface area contributed by atoms with Crippen molar-refractivity contribution in [3.05, 3.63) is 63.9 Å². The molecular weight excluding hydrogens is 283 g/mol. The first-order valence-electron chi connectivity index (χ1n) is 5.88. The summed E-state index contributed by atoms with van der Waals surface area (Å²) in [6.45, 7) is 2.01. The van der Waals surface area contributed by atoms with E-state index in [9.17, 15) is 9.18 Å². The molecular formula is C15H12ClFO3. The third-order valence-electron chi connectivity index (χ3n) is 2.80. The van der Waals surface area contributed by atoms with E-state index in [1.165, 1.54) is 12.1 Å². The molecule has 0 atom stereocenters. The van der Waals surface area contributed by atoms with E-state index >= 15 is 0 Å². The average Bonchev–Trinajstić information content (AvgIpc) is 2.41. The average molecular weight is 295 g/mol. The molecule has 0 aliphatic carbocycles. The molecule has 0 aliphatic heterocycles. The van der Waals surface area contributed by atoms with Gasteiger partial charge in [0.2, 0.25) is 0 Å². The normalized spacial score (nSPS) is 10.3. The standard InChI is InChI=1S/C15H12ClFO3/c1-9-6-11(3-4-13(9)16)20-8-10-2-5-14(17)12(7-10)15(18)19/h2-7H,8H2,1H3,(H,18,19). The van der Waals surface area contributed by atoms with E-state index in [4.69, 9.17) is 21.4 Å². The molecule has 0 fully saturated rings. The maximum atomic E-state index is 13.2. The predicted molar refractivity (Wildman–Crippen MR) is 73.9 cm³/mol. The zero-order valence-electron chi connectivity index (χ0n) is 10.7. The zero-order valence-corrected chi connectivity index (χ0v) is 11.4. The number of ether oxygens (including phenoxy) is 1. The van der Waals surface area contributed by atoms with E-state index in [-0.39, 0.29) is 12.2 Å². The van der Waals surface area contributed by atoms with Crippen molar-refractivity contribution in [3.63, 3.8) is 0 Å². The van der Waals surface area contributed by atoms with E-state index in [1.807, 2.05) is 6.92 Å². The molecule has 0 spiro atoms. The van der Waals surface area contributed by atoms with E-state index in [1.54, 1.807) is 18.2 Å². The maximum absolute atomic E-state index is 13.2. The summed E-state index contributed by atoms with van der Waals surface area (Å²) >= 11 is 5.91. The number of rotatable bonds is 4. The molecule has 2 aromatic carbocycles. The highest BCUT2D eigenvalue weighted by Gasteiger charge is 2.11. The molecule has 1 N–H and O–H groups in total. The van der Waals surface area contributed by atoms with Crippen molar-refractivity contribution >= 4 is 17.6 Å². The van der Waals surface area contributed by atoms with Crippen molar-refractivity contribution < 1.29 is 19.0 Å². The van der Waals surface area contributed by atoms with Crippen molar-refractivity contribution in [2.75, 3.05) is 0 Å². The monoisotopic (exact) mass is 294 g/mol. The molecule has 2 rings (SSSR count). The molecule has 2 aromatic rings. The van der Waals surface area contributed by atoms with Gasteiger partial charge in [0.15, 0.2) is 0 Å². The Bertz CT molecular complexity index is 656. The van der Waals surface area contributed by atoms with Crippen LogP contribution in [0.4, 0.5) is 4.39 Å². The molecule has 0 unspecified atom stereocenters. The number of carboxylic acids is 1. The molecule has 0 bridgehead atoms. The Morgan fingerprint density at radius 3 is 2.70 bits per heavy atom. The second kappa shape index (κ2) is 5.92. The van der Waals surface area contributed by atoms with Gasteiger partial charge in [-0.3, -0.25) is 0 Å². The number of benzene rings is 2. The van der Waals surface area contributed by atoms with Gasteiger partial charge in [0.25, 0.3) is 0 Å². The van der Waals surface area contributed by atoms with Crippen LogP contribution in [0.1, 0.15) is 21.5 Å². The van der Waals surface area contributed by atoms with E-state index in [0.717, 1.165) is 11.6 Å². The van der Waals surface area contributed by atoms with Gasteiger partial charge < -0.3 is 9.84 Å². The second-order valence-corrected chi connectivity index (χ2v) is 4.73. The van der Waals surface area contributed by atoms with Gasteiger partial charge in [0.1, 0.15) is 18.2 Å². The van der Waals surface area contributed by atoms with Crippen LogP contribution in [-0.2, 0) is 6.61 Å². The summed E-state index contributed by atoms with van der Waals surface area (Å²) in [5.74, 6) is -1.44. The van der Waals surface area contributed by atoms with E-state index in [2.05, 4.69) is 0 Å². The minimum Gasteiger partial charge on any atom is -0.489 e. The Morgan fingerprint density at radius 2 is 2.05 bits per heavy atom. The van der Waals surface area contributed by atoms with Gasteiger partial charge in [-0.25, -0.2) is 9.18 Å². The maximum Gasteiger partial charge on any atom is 0.338 e. The largest absolute Gasteiger partial charge is 0.489 e. The summed E-state index contributed by atoms with van der Waals surface area (Å²) in [4.78, 5) is 10.8. The van der Waals surface area contributed by atoms with Gasteiger partial charge in [0.05, 0.1) is 5.56 Å². The fraction of sp³-hybridized carbons (Fsp3) is 0.133. The first-order valence-corrected chi connectivity index (χ1v) is 6.26. The van der Waals surface area contributed by atoms with Crippen LogP contribution in [0, 0.1) is 12.7 Å².